The first-order valence-electron chi connectivity index (χ1n) is 4.18. The highest BCUT2D eigenvalue weighted by Gasteiger charge is 2.28. The van der Waals surface area contributed by atoms with Crippen LogP contribution in [0.5, 0.6) is 0 Å². The lowest BCUT2D eigenvalue weighted by atomic mass is 10.3. The minimum absolute atomic E-state index is 0.0544. The normalized spacial score (nSPS) is 16.4. The third-order valence-electron chi connectivity index (χ3n) is 2.03. The van der Waals surface area contributed by atoms with E-state index >= 15 is 0 Å². The maximum Gasteiger partial charge on any atom is 0.249 e. The van der Waals surface area contributed by atoms with Gasteiger partial charge in [0.1, 0.15) is 5.82 Å². The summed E-state index contributed by atoms with van der Waals surface area (Å²) in [6.07, 6.45) is -0.0725. The Morgan fingerprint density at radius 1 is 1.21 bits per heavy atom. The maximum absolute atomic E-state index is 11.3. The number of anilines is 1. The Morgan fingerprint density at radius 3 is 2.57 bits per heavy atom. The van der Waals surface area contributed by atoms with Crippen LogP contribution in [0, 0.1) is 0 Å². The molecule has 0 aliphatic carbocycles. The molecule has 1 saturated heterocycles. The van der Waals surface area contributed by atoms with E-state index < -0.39 is 0 Å². The molecule has 1 aromatic rings. The summed E-state index contributed by atoms with van der Waals surface area (Å²) in [6, 6.07) is 4.49. The number of Topliss-reactive ketones (excluding diaryl/α,β-unsaturated/α-hetero) is 1. The summed E-state index contributed by atoms with van der Waals surface area (Å²) >= 11 is 0. The first kappa shape index (κ1) is 8.68. The van der Waals surface area contributed by atoms with Crippen LogP contribution in [0.1, 0.15) is 6.42 Å². The Kier molecular flexibility index (Phi) is 1.92. The number of carbonyl (C=O) groups is 2. The van der Waals surface area contributed by atoms with Crippen LogP contribution in [0.15, 0.2) is 23.0 Å². The second-order valence-corrected chi connectivity index (χ2v) is 3.10. The summed E-state index contributed by atoms with van der Waals surface area (Å²) in [5.74, 6) is -0.00935. The van der Waals surface area contributed by atoms with Crippen LogP contribution in [-0.2, 0) is 9.59 Å². The second-order valence-electron chi connectivity index (χ2n) is 3.10. The summed E-state index contributed by atoms with van der Waals surface area (Å²) < 4.78 is 0. The predicted octanol–water partition coefficient (Wildman–Crippen LogP) is -0.319. The van der Waals surface area contributed by atoms with Crippen LogP contribution in [-0.4, -0.2) is 23.2 Å². The number of rotatable bonds is 1. The van der Waals surface area contributed by atoms with Gasteiger partial charge in [-0.25, -0.2) is 0 Å². The lowest BCUT2D eigenvalue weighted by molar-refractivity contribution is -0.121. The molecule has 0 saturated carbocycles. The Hall–Kier alpha value is -1.91. The Labute approximate surface area is 79.3 Å². The van der Waals surface area contributed by atoms with Crippen molar-refractivity contribution in [3.05, 3.63) is 28.6 Å². The maximum atomic E-state index is 11.3. The van der Waals surface area contributed by atoms with Gasteiger partial charge in [-0.3, -0.25) is 19.3 Å². The highest BCUT2D eigenvalue weighted by Crippen LogP contribution is 2.14. The van der Waals surface area contributed by atoms with Crippen molar-refractivity contribution in [1.29, 1.82) is 0 Å². The smallest absolute Gasteiger partial charge is 0.249 e. The molecule has 1 N–H and O–H groups in total. The zero-order chi connectivity index (χ0) is 10.1. The third kappa shape index (κ3) is 1.44. The molecule has 72 valence electrons. The van der Waals surface area contributed by atoms with Crippen LogP contribution >= 0.6 is 0 Å². The minimum atomic E-state index is -0.283. The first-order valence-corrected chi connectivity index (χ1v) is 4.18. The zero-order valence-electron chi connectivity index (χ0n) is 7.32. The van der Waals surface area contributed by atoms with E-state index in [-0.39, 0.29) is 30.2 Å². The molecule has 0 aromatic carbocycles. The summed E-state index contributed by atoms with van der Waals surface area (Å²) in [6.45, 7) is 0.0544. The summed E-state index contributed by atoms with van der Waals surface area (Å²) in [4.78, 5) is 37.0. The number of nitrogens with one attached hydrogen (secondary N) is 1. The van der Waals surface area contributed by atoms with Gasteiger partial charge in [0.05, 0.1) is 13.0 Å². The predicted molar refractivity (Wildman–Crippen MR) is 49.0 cm³/mol. The van der Waals surface area contributed by atoms with Crippen LogP contribution in [0.4, 0.5) is 5.82 Å². The van der Waals surface area contributed by atoms with Crippen molar-refractivity contribution in [2.45, 2.75) is 6.42 Å². The van der Waals surface area contributed by atoms with Crippen LogP contribution in [0.3, 0.4) is 0 Å². The van der Waals surface area contributed by atoms with Gasteiger partial charge in [0, 0.05) is 6.07 Å². The number of aromatic amines is 1. The van der Waals surface area contributed by atoms with Crippen molar-refractivity contribution in [1.82, 2.24) is 4.98 Å². The molecule has 14 heavy (non-hydrogen) atoms. The molecule has 0 unspecified atom stereocenters. The van der Waals surface area contributed by atoms with Gasteiger partial charge in [-0.05, 0) is 6.07 Å². The minimum Gasteiger partial charge on any atom is -0.308 e. The summed E-state index contributed by atoms with van der Waals surface area (Å²) in [5.41, 5.74) is -0.283. The molecule has 1 aliphatic rings. The number of ketones is 1. The van der Waals surface area contributed by atoms with Crippen molar-refractivity contribution in [2.75, 3.05) is 11.4 Å². The molecule has 1 aliphatic heterocycles. The summed E-state index contributed by atoms with van der Waals surface area (Å²) in [7, 11) is 0. The highest BCUT2D eigenvalue weighted by molar-refractivity contribution is 6.14. The van der Waals surface area contributed by atoms with Crippen LogP contribution in [0.2, 0.25) is 0 Å². The topological polar surface area (TPSA) is 70.2 Å². The van der Waals surface area contributed by atoms with E-state index in [1.54, 1.807) is 12.1 Å². The number of H-pyrrole nitrogens is 1. The van der Waals surface area contributed by atoms with E-state index in [4.69, 9.17) is 0 Å². The molecule has 1 amide bonds. The van der Waals surface area contributed by atoms with Crippen LogP contribution < -0.4 is 10.5 Å². The number of hydrogen-bond donors (Lipinski definition) is 1. The highest BCUT2D eigenvalue weighted by atomic mass is 16.2. The quantitative estimate of drug-likeness (QED) is 0.620. The van der Waals surface area contributed by atoms with Crippen molar-refractivity contribution in [3.63, 3.8) is 0 Å². The Bertz CT molecular complexity index is 449. The van der Waals surface area contributed by atoms with Gasteiger partial charge in [-0.1, -0.05) is 6.07 Å². The van der Waals surface area contributed by atoms with Gasteiger partial charge in [0.25, 0.3) is 0 Å². The molecule has 5 heteroatoms. The fourth-order valence-electron chi connectivity index (χ4n) is 1.40. The standard InChI is InChI=1S/C9H8N2O3/c12-6-4-9(14)11(5-6)7-2-1-3-8(13)10-7/h1-3H,4-5H2,(H,10,13). The van der Waals surface area contributed by atoms with E-state index in [2.05, 4.69) is 4.98 Å². The largest absolute Gasteiger partial charge is 0.308 e. The summed E-state index contributed by atoms with van der Waals surface area (Å²) in [5, 5.41) is 0. The average Bonchev–Trinajstić information content (AvgIpc) is 2.45. The molecular weight excluding hydrogens is 184 g/mol. The second kappa shape index (κ2) is 3.10. The number of aromatic nitrogens is 1. The van der Waals surface area contributed by atoms with E-state index in [1.807, 2.05) is 0 Å². The molecule has 1 aromatic heterocycles. The average molecular weight is 192 g/mol. The van der Waals surface area contributed by atoms with Gasteiger partial charge < -0.3 is 4.98 Å². The van der Waals surface area contributed by atoms with E-state index in [0.29, 0.717) is 5.82 Å². The van der Waals surface area contributed by atoms with E-state index in [1.165, 1.54) is 11.0 Å². The SMILES string of the molecule is O=C1CC(=O)N(c2cccc(=O)[nH]2)C1. The molecule has 1 fully saturated rings. The molecular formula is C9H8N2O3. The molecule has 2 heterocycles. The molecule has 2 rings (SSSR count). The van der Waals surface area contributed by atoms with E-state index in [0.717, 1.165) is 0 Å². The fraction of sp³-hybridized carbons (Fsp3) is 0.222. The van der Waals surface area contributed by atoms with Crippen molar-refractivity contribution < 1.29 is 9.59 Å². The Morgan fingerprint density at radius 2 is 2.00 bits per heavy atom. The van der Waals surface area contributed by atoms with Gasteiger partial charge in [-0.15, -0.1) is 0 Å². The van der Waals surface area contributed by atoms with Gasteiger partial charge in [0.15, 0.2) is 5.78 Å². The molecule has 0 atom stereocenters. The monoisotopic (exact) mass is 192 g/mol. The number of pyridine rings is 1. The lowest BCUT2D eigenvalue weighted by Gasteiger charge is -2.12. The molecule has 5 nitrogen and oxygen atoms in total. The van der Waals surface area contributed by atoms with Crippen molar-refractivity contribution in [2.24, 2.45) is 0 Å². The lowest BCUT2D eigenvalue weighted by Crippen LogP contribution is -2.27. The van der Waals surface area contributed by atoms with Gasteiger partial charge in [0.2, 0.25) is 11.5 Å². The van der Waals surface area contributed by atoms with Crippen molar-refractivity contribution in [3.8, 4) is 0 Å². The number of hydrogen-bond acceptors (Lipinski definition) is 3. The number of carbonyl (C=O) groups excluding carboxylic acids is 2. The fourth-order valence-corrected chi connectivity index (χ4v) is 1.40. The molecule has 0 spiro atoms. The Balaban J connectivity index is 2.36. The number of nitrogens with zero attached hydrogens (tertiary/aromatic N) is 1. The van der Waals surface area contributed by atoms with Crippen molar-refractivity contribution >= 4 is 17.5 Å². The number of amides is 1. The van der Waals surface area contributed by atoms with E-state index in [9.17, 15) is 14.4 Å². The molecule has 0 radical (unpaired) electrons. The zero-order valence-corrected chi connectivity index (χ0v) is 7.32. The third-order valence-corrected chi connectivity index (χ3v) is 2.03. The van der Waals surface area contributed by atoms with Gasteiger partial charge >= 0.3 is 0 Å². The first-order chi connectivity index (χ1) is 6.66. The molecule has 0 bridgehead atoms. The van der Waals surface area contributed by atoms with Gasteiger partial charge in [-0.2, -0.15) is 0 Å². The van der Waals surface area contributed by atoms with Crippen LogP contribution in [0.25, 0.3) is 0 Å².